The standard InChI is InChI=1S/C8H8F3N/c9-8(10,11)7(6-12)4-2-1-3-5-7/h1-2H,3-5H2. The van der Waals surface area contributed by atoms with Gasteiger partial charge in [-0.3, -0.25) is 0 Å². The third-order valence-electron chi connectivity index (χ3n) is 2.13. The molecule has 1 unspecified atom stereocenters. The van der Waals surface area contributed by atoms with Gasteiger partial charge in [0, 0.05) is 0 Å². The van der Waals surface area contributed by atoms with Crippen molar-refractivity contribution in [3.8, 4) is 6.07 Å². The van der Waals surface area contributed by atoms with Gasteiger partial charge in [0.15, 0.2) is 5.41 Å². The number of nitriles is 1. The Morgan fingerprint density at radius 1 is 1.33 bits per heavy atom. The van der Waals surface area contributed by atoms with Crippen molar-refractivity contribution in [2.75, 3.05) is 0 Å². The first-order chi connectivity index (χ1) is 5.52. The van der Waals surface area contributed by atoms with E-state index in [0.29, 0.717) is 6.42 Å². The van der Waals surface area contributed by atoms with E-state index in [-0.39, 0.29) is 12.8 Å². The van der Waals surface area contributed by atoms with E-state index in [0.717, 1.165) is 0 Å². The van der Waals surface area contributed by atoms with Crippen LogP contribution >= 0.6 is 0 Å². The lowest BCUT2D eigenvalue weighted by Crippen LogP contribution is -2.37. The van der Waals surface area contributed by atoms with Gasteiger partial charge >= 0.3 is 6.18 Å². The maximum absolute atomic E-state index is 12.3. The normalized spacial score (nSPS) is 29.8. The average Bonchev–Trinajstić information content (AvgIpc) is 2.04. The highest BCUT2D eigenvalue weighted by atomic mass is 19.4. The van der Waals surface area contributed by atoms with Crippen LogP contribution in [0.4, 0.5) is 13.2 Å². The molecule has 0 aliphatic heterocycles. The van der Waals surface area contributed by atoms with E-state index in [9.17, 15) is 13.2 Å². The van der Waals surface area contributed by atoms with E-state index >= 15 is 0 Å². The van der Waals surface area contributed by atoms with Crippen LogP contribution < -0.4 is 0 Å². The van der Waals surface area contributed by atoms with Crippen LogP contribution in [-0.2, 0) is 0 Å². The van der Waals surface area contributed by atoms with Crippen LogP contribution in [0.3, 0.4) is 0 Å². The van der Waals surface area contributed by atoms with Crippen molar-refractivity contribution in [1.82, 2.24) is 0 Å². The Morgan fingerprint density at radius 3 is 2.25 bits per heavy atom. The molecule has 1 aliphatic rings. The predicted molar refractivity (Wildman–Crippen MR) is 37.1 cm³/mol. The summed E-state index contributed by atoms with van der Waals surface area (Å²) < 4.78 is 37.0. The van der Waals surface area contributed by atoms with Crippen molar-refractivity contribution >= 4 is 0 Å². The third kappa shape index (κ3) is 1.31. The van der Waals surface area contributed by atoms with Crippen LogP contribution in [0.1, 0.15) is 19.3 Å². The molecule has 0 amide bonds. The summed E-state index contributed by atoms with van der Waals surface area (Å²) in [5.74, 6) is 0. The van der Waals surface area contributed by atoms with Crippen molar-refractivity contribution < 1.29 is 13.2 Å². The van der Waals surface area contributed by atoms with Crippen molar-refractivity contribution in [1.29, 1.82) is 5.26 Å². The predicted octanol–water partition coefficient (Wildman–Crippen LogP) is 2.80. The number of hydrogen-bond acceptors (Lipinski definition) is 1. The quantitative estimate of drug-likeness (QED) is 0.519. The van der Waals surface area contributed by atoms with Crippen molar-refractivity contribution in [2.45, 2.75) is 25.4 Å². The Labute approximate surface area is 68.5 Å². The van der Waals surface area contributed by atoms with E-state index in [2.05, 4.69) is 0 Å². The summed E-state index contributed by atoms with van der Waals surface area (Å²) in [6.07, 6.45) is -1.25. The molecule has 0 bridgehead atoms. The van der Waals surface area contributed by atoms with E-state index in [1.54, 1.807) is 6.08 Å². The monoisotopic (exact) mass is 175 g/mol. The Balaban J connectivity index is 2.92. The SMILES string of the molecule is N#CC1(C(F)(F)F)CC=CCC1. The first kappa shape index (κ1) is 9.11. The number of hydrogen-bond donors (Lipinski definition) is 0. The molecule has 0 N–H and O–H groups in total. The summed E-state index contributed by atoms with van der Waals surface area (Å²) in [6.45, 7) is 0. The fourth-order valence-corrected chi connectivity index (χ4v) is 1.26. The highest BCUT2D eigenvalue weighted by molar-refractivity contribution is 5.11. The summed E-state index contributed by atoms with van der Waals surface area (Å²) in [5, 5.41) is 8.47. The van der Waals surface area contributed by atoms with Gasteiger partial charge < -0.3 is 0 Å². The van der Waals surface area contributed by atoms with Gasteiger partial charge in [0.05, 0.1) is 6.07 Å². The van der Waals surface area contributed by atoms with E-state index in [4.69, 9.17) is 5.26 Å². The maximum atomic E-state index is 12.3. The number of rotatable bonds is 0. The van der Waals surface area contributed by atoms with Crippen LogP contribution in [0.15, 0.2) is 12.2 Å². The second-order valence-corrected chi connectivity index (χ2v) is 2.91. The lowest BCUT2D eigenvalue weighted by atomic mass is 9.78. The first-order valence-electron chi connectivity index (χ1n) is 3.65. The molecule has 0 aromatic heterocycles. The second kappa shape index (κ2) is 2.81. The minimum atomic E-state index is -4.40. The van der Waals surface area contributed by atoms with E-state index in [1.807, 2.05) is 0 Å². The fraction of sp³-hybridized carbons (Fsp3) is 0.625. The molecule has 1 atom stereocenters. The molecule has 1 rings (SSSR count). The summed E-state index contributed by atoms with van der Waals surface area (Å²) >= 11 is 0. The lowest BCUT2D eigenvalue weighted by Gasteiger charge is -2.29. The molecule has 1 nitrogen and oxygen atoms in total. The van der Waals surface area contributed by atoms with Gasteiger partial charge in [0.25, 0.3) is 0 Å². The fourth-order valence-electron chi connectivity index (χ4n) is 1.26. The average molecular weight is 175 g/mol. The van der Waals surface area contributed by atoms with Crippen molar-refractivity contribution in [3.05, 3.63) is 12.2 Å². The third-order valence-corrected chi connectivity index (χ3v) is 2.13. The highest BCUT2D eigenvalue weighted by Gasteiger charge is 2.54. The molecule has 0 spiro atoms. The van der Waals surface area contributed by atoms with Gasteiger partial charge in [-0.05, 0) is 19.3 Å². The van der Waals surface area contributed by atoms with Crippen LogP contribution in [0.2, 0.25) is 0 Å². The molecule has 1 aliphatic carbocycles. The van der Waals surface area contributed by atoms with Gasteiger partial charge in [0.2, 0.25) is 0 Å². The first-order valence-corrected chi connectivity index (χ1v) is 3.65. The van der Waals surface area contributed by atoms with Gasteiger partial charge in [0.1, 0.15) is 0 Å². The van der Waals surface area contributed by atoms with Gasteiger partial charge in [-0.1, -0.05) is 12.2 Å². The van der Waals surface area contributed by atoms with Gasteiger partial charge in [-0.25, -0.2) is 0 Å². The Bertz CT molecular complexity index is 236. The number of alkyl halides is 3. The molecule has 0 saturated heterocycles. The molecule has 4 heteroatoms. The van der Waals surface area contributed by atoms with Gasteiger partial charge in [-0.15, -0.1) is 0 Å². The van der Waals surface area contributed by atoms with Crippen LogP contribution in [-0.4, -0.2) is 6.18 Å². The van der Waals surface area contributed by atoms with Gasteiger partial charge in [-0.2, -0.15) is 18.4 Å². The highest BCUT2D eigenvalue weighted by Crippen LogP contribution is 2.46. The Hall–Kier alpha value is -0.980. The second-order valence-electron chi connectivity index (χ2n) is 2.91. The Kier molecular flexibility index (Phi) is 2.14. The lowest BCUT2D eigenvalue weighted by molar-refractivity contribution is -0.204. The largest absolute Gasteiger partial charge is 0.407 e. The molecule has 0 radical (unpaired) electrons. The zero-order valence-electron chi connectivity index (χ0n) is 6.36. The summed E-state index contributed by atoms with van der Waals surface area (Å²) in [6, 6.07) is 1.38. The minimum Gasteiger partial charge on any atom is -0.197 e. The van der Waals surface area contributed by atoms with E-state index < -0.39 is 11.6 Å². The molecule has 66 valence electrons. The number of nitrogens with zero attached hydrogens (tertiary/aromatic N) is 1. The summed E-state index contributed by atoms with van der Waals surface area (Å²) in [4.78, 5) is 0. The summed E-state index contributed by atoms with van der Waals surface area (Å²) in [5.41, 5.74) is -2.12. The van der Waals surface area contributed by atoms with Crippen molar-refractivity contribution in [2.24, 2.45) is 5.41 Å². The summed E-state index contributed by atoms with van der Waals surface area (Å²) in [7, 11) is 0. The topological polar surface area (TPSA) is 23.8 Å². The zero-order valence-corrected chi connectivity index (χ0v) is 6.36. The number of allylic oxidation sites excluding steroid dienone is 2. The number of halogens is 3. The molecule has 0 aromatic rings. The molecule has 12 heavy (non-hydrogen) atoms. The van der Waals surface area contributed by atoms with Crippen LogP contribution in [0, 0.1) is 16.7 Å². The zero-order chi connectivity index (χ0) is 9.24. The minimum absolute atomic E-state index is 0.108. The Morgan fingerprint density at radius 2 is 2.00 bits per heavy atom. The van der Waals surface area contributed by atoms with Crippen LogP contribution in [0.5, 0.6) is 0 Å². The van der Waals surface area contributed by atoms with E-state index in [1.165, 1.54) is 12.1 Å². The van der Waals surface area contributed by atoms with Crippen molar-refractivity contribution in [3.63, 3.8) is 0 Å². The molecule has 0 aromatic carbocycles. The smallest absolute Gasteiger partial charge is 0.197 e. The molecular formula is C8H8F3N. The van der Waals surface area contributed by atoms with Crippen LogP contribution in [0.25, 0.3) is 0 Å². The molecule has 0 saturated carbocycles. The molecule has 0 heterocycles. The molecular weight excluding hydrogens is 167 g/mol. The molecule has 0 fully saturated rings. The maximum Gasteiger partial charge on any atom is 0.407 e.